The van der Waals surface area contributed by atoms with Crippen molar-refractivity contribution in [2.75, 3.05) is 36.4 Å². The van der Waals surface area contributed by atoms with Gasteiger partial charge in [-0.05, 0) is 40.2 Å². The Kier molecular flexibility index (Phi) is 4.63. The van der Waals surface area contributed by atoms with Gasteiger partial charge in [-0.1, -0.05) is 30.3 Å². The lowest BCUT2D eigenvalue weighted by molar-refractivity contribution is 0.208. The van der Waals surface area contributed by atoms with Crippen LogP contribution in [0.3, 0.4) is 0 Å². The van der Waals surface area contributed by atoms with Crippen LogP contribution in [0.5, 0.6) is 0 Å². The van der Waals surface area contributed by atoms with Crippen molar-refractivity contribution >= 4 is 33.3 Å². The molecule has 2 amide bonds. The fraction of sp³-hybridized carbons (Fsp3) is 0.235. The number of anilines is 2. The monoisotopic (exact) mass is 359 g/mol. The average Bonchev–Trinajstić information content (AvgIpc) is 2.56. The van der Waals surface area contributed by atoms with Crippen LogP contribution in [0, 0.1) is 0 Å². The van der Waals surface area contributed by atoms with E-state index in [9.17, 15) is 4.79 Å². The third-order valence-electron chi connectivity index (χ3n) is 3.79. The molecule has 0 saturated carbocycles. The van der Waals surface area contributed by atoms with Gasteiger partial charge in [0.15, 0.2) is 0 Å². The second-order valence-corrected chi connectivity index (χ2v) is 6.08. The topological polar surface area (TPSA) is 35.6 Å². The van der Waals surface area contributed by atoms with Crippen LogP contribution < -0.4 is 10.2 Å². The zero-order valence-electron chi connectivity index (χ0n) is 12.2. The van der Waals surface area contributed by atoms with Crippen LogP contribution in [-0.2, 0) is 0 Å². The molecule has 2 aromatic carbocycles. The van der Waals surface area contributed by atoms with Crippen molar-refractivity contribution in [3.63, 3.8) is 0 Å². The maximum absolute atomic E-state index is 12.3. The molecule has 114 valence electrons. The molecule has 0 unspecified atom stereocenters. The number of nitrogens with one attached hydrogen (secondary N) is 1. The lowest BCUT2D eigenvalue weighted by Crippen LogP contribution is -2.50. The molecule has 0 radical (unpaired) electrons. The molecule has 1 heterocycles. The van der Waals surface area contributed by atoms with Crippen molar-refractivity contribution < 1.29 is 4.79 Å². The van der Waals surface area contributed by atoms with E-state index >= 15 is 0 Å². The highest BCUT2D eigenvalue weighted by Gasteiger charge is 2.22. The minimum absolute atomic E-state index is 0.0297. The van der Waals surface area contributed by atoms with Crippen LogP contribution in [0.1, 0.15) is 0 Å². The quantitative estimate of drug-likeness (QED) is 0.884. The molecular weight excluding hydrogens is 342 g/mol. The van der Waals surface area contributed by atoms with E-state index in [1.165, 1.54) is 5.69 Å². The molecule has 1 fully saturated rings. The Labute approximate surface area is 138 Å². The van der Waals surface area contributed by atoms with Gasteiger partial charge in [0.05, 0.1) is 5.69 Å². The summed E-state index contributed by atoms with van der Waals surface area (Å²) in [7, 11) is 0. The van der Waals surface area contributed by atoms with Gasteiger partial charge in [-0.25, -0.2) is 4.79 Å². The molecule has 0 aromatic heterocycles. The number of hydrogen-bond donors (Lipinski definition) is 1. The van der Waals surface area contributed by atoms with Crippen LogP contribution in [0.4, 0.5) is 16.2 Å². The molecule has 5 heteroatoms. The van der Waals surface area contributed by atoms with Gasteiger partial charge >= 0.3 is 6.03 Å². The van der Waals surface area contributed by atoms with E-state index in [4.69, 9.17) is 0 Å². The fourth-order valence-corrected chi connectivity index (χ4v) is 3.12. The molecule has 1 aliphatic heterocycles. The van der Waals surface area contributed by atoms with E-state index < -0.39 is 0 Å². The Morgan fingerprint density at radius 1 is 0.909 bits per heavy atom. The van der Waals surface area contributed by atoms with E-state index in [-0.39, 0.29) is 6.03 Å². The average molecular weight is 360 g/mol. The highest BCUT2D eigenvalue weighted by Crippen LogP contribution is 2.26. The molecule has 1 saturated heterocycles. The summed E-state index contributed by atoms with van der Waals surface area (Å²) in [6, 6.07) is 17.7. The van der Waals surface area contributed by atoms with Crippen LogP contribution in [0.2, 0.25) is 0 Å². The van der Waals surface area contributed by atoms with Crippen LogP contribution in [-0.4, -0.2) is 37.1 Å². The maximum atomic E-state index is 12.3. The van der Waals surface area contributed by atoms with Crippen LogP contribution >= 0.6 is 15.9 Å². The van der Waals surface area contributed by atoms with Gasteiger partial charge in [0.2, 0.25) is 0 Å². The predicted octanol–water partition coefficient (Wildman–Crippen LogP) is 3.80. The zero-order chi connectivity index (χ0) is 15.4. The number of benzene rings is 2. The maximum Gasteiger partial charge on any atom is 0.321 e. The van der Waals surface area contributed by atoms with Crippen molar-refractivity contribution in [2.45, 2.75) is 0 Å². The standard InChI is InChI=1S/C17H18BrN3O/c18-15-8-4-5-9-16(15)20-10-12-21(13-11-20)17(22)19-14-6-2-1-3-7-14/h1-9H,10-13H2,(H,19,22). The molecule has 3 rings (SSSR count). The molecule has 1 N–H and O–H groups in total. The molecule has 22 heavy (non-hydrogen) atoms. The first kappa shape index (κ1) is 14.9. The first-order chi connectivity index (χ1) is 10.7. The molecule has 4 nitrogen and oxygen atoms in total. The SMILES string of the molecule is O=C(Nc1ccccc1)N1CCN(c2ccccc2Br)CC1. The summed E-state index contributed by atoms with van der Waals surface area (Å²) in [5.74, 6) is 0. The van der Waals surface area contributed by atoms with Gasteiger partial charge in [0.25, 0.3) is 0 Å². The van der Waals surface area contributed by atoms with Gasteiger partial charge in [-0.3, -0.25) is 0 Å². The van der Waals surface area contributed by atoms with E-state index in [1.54, 1.807) is 0 Å². The van der Waals surface area contributed by atoms with E-state index in [0.29, 0.717) is 0 Å². The van der Waals surface area contributed by atoms with Crippen molar-refractivity contribution in [1.29, 1.82) is 0 Å². The Bertz CT molecular complexity index is 639. The molecule has 0 bridgehead atoms. The highest BCUT2D eigenvalue weighted by molar-refractivity contribution is 9.10. The molecule has 0 atom stereocenters. The summed E-state index contributed by atoms with van der Waals surface area (Å²) in [4.78, 5) is 16.4. The summed E-state index contributed by atoms with van der Waals surface area (Å²) in [6.45, 7) is 3.12. The lowest BCUT2D eigenvalue weighted by Gasteiger charge is -2.36. The smallest absolute Gasteiger partial charge is 0.321 e. The van der Waals surface area contributed by atoms with E-state index in [2.05, 4.69) is 32.2 Å². The molecular formula is C17H18BrN3O. The Hall–Kier alpha value is -2.01. The number of hydrogen-bond acceptors (Lipinski definition) is 2. The second kappa shape index (κ2) is 6.83. The number of amides is 2. The number of halogens is 1. The first-order valence-electron chi connectivity index (χ1n) is 7.34. The van der Waals surface area contributed by atoms with E-state index in [0.717, 1.165) is 36.3 Å². The lowest BCUT2D eigenvalue weighted by atomic mass is 10.2. The van der Waals surface area contributed by atoms with E-state index in [1.807, 2.05) is 53.4 Å². The van der Waals surface area contributed by atoms with Gasteiger partial charge in [0, 0.05) is 36.3 Å². The first-order valence-corrected chi connectivity index (χ1v) is 8.14. The number of piperazine rings is 1. The van der Waals surface area contributed by atoms with Gasteiger partial charge < -0.3 is 15.1 Å². The summed E-state index contributed by atoms with van der Waals surface area (Å²) >= 11 is 3.59. The number of nitrogens with zero attached hydrogens (tertiary/aromatic N) is 2. The normalized spacial score (nSPS) is 14.8. The third-order valence-corrected chi connectivity index (χ3v) is 4.46. The van der Waals surface area contributed by atoms with Gasteiger partial charge in [0.1, 0.15) is 0 Å². The number of carbonyl (C=O) groups excluding carboxylic acids is 1. The van der Waals surface area contributed by atoms with Crippen LogP contribution in [0.25, 0.3) is 0 Å². The number of urea groups is 1. The number of rotatable bonds is 2. The predicted molar refractivity (Wildman–Crippen MR) is 93.4 cm³/mol. The van der Waals surface area contributed by atoms with Crippen molar-refractivity contribution in [3.05, 3.63) is 59.1 Å². The van der Waals surface area contributed by atoms with Crippen molar-refractivity contribution in [2.24, 2.45) is 0 Å². The second-order valence-electron chi connectivity index (χ2n) is 5.22. The Morgan fingerprint density at radius 2 is 1.55 bits per heavy atom. The minimum atomic E-state index is -0.0297. The summed E-state index contributed by atoms with van der Waals surface area (Å²) < 4.78 is 1.09. The number of para-hydroxylation sites is 2. The van der Waals surface area contributed by atoms with Crippen molar-refractivity contribution in [3.8, 4) is 0 Å². The molecule has 1 aliphatic rings. The van der Waals surface area contributed by atoms with Crippen molar-refractivity contribution in [1.82, 2.24) is 4.90 Å². The fourth-order valence-electron chi connectivity index (χ4n) is 2.58. The summed E-state index contributed by atoms with van der Waals surface area (Å²) in [6.07, 6.45) is 0. The number of carbonyl (C=O) groups is 1. The van der Waals surface area contributed by atoms with Gasteiger partial charge in [-0.2, -0.15) is 0 Å². The zero-order valence-corrected chi connectivity index (χ0v) is 13.8. The van der Waals surface area contributed by atoms with Gasteiger partial charge in [-0.15, -0.1) is 0 Å². The van der Waals surface area contributed by atoms with Crippen LogP contribution in [0.15, 0.2) is 59.1 Å². The highest BCUT2D eigenvalue weighted by atomic mass is 79.9. The molecule has 0 spiro atoms. The third kappa shape index (κ3) is 3.42. The molecule has 0 aliphatic carbocycles. The summed E-state index contributed by atoms with van der Waals surface area (Å²) in [5, 5.41) is 2.94. The summed E-state index contributed by atoms with van der Waals surface area (Å²) in [5.41, 5.74) is 2.02. The minimum Gasteiger partial charge on any atom is -0.367 e. The molecule has 2 aromatic rings. The Balaban J connectivity index is 1.58. The Morgan fingerprint density at radius 3 is 2.23 bits per heavy atom. The largest absolute Gasteiger partial charge is 0.367 e.